The number of nitrogens with zero attached hydrogens (tertiary/aromatic N) is 4. The van der Waals surface area contributed by atoms with Crippen molar-refractivity contribution in [1.82, 2.24) is 20.2 Å². The van der Waals surface area contributed by atoms with Gasteiger partial charge >= 0.3 is 0 Å². The molecule has 0 unspecified atom stereocenters. The molecule has 3 aromatic rings. The molecule has 0 saturated heterocycles. The van der Waals surface area contributed by atoms with Gasteiger partial charge in [-0.2, -0.15) is 4.80 Å². The zero-order chi connectivity index (χ0) is 12.9. The number of hydrogen-bond donors (Lipinski definition) is 1. The number of aromatic nitrogens is 4. The highest BCUT2D eigenvalue weighted by molar-refractivity contribution is 5.44. The molecule has 0 radical (unpaired) electrons. The lowest BCUT2D eigenvalue weighted by Crippen LogP contribution is -2.12. The molecule has 0 amide bonds. The van der Waals surface area contributed by atoms with Gasteiger partial charge in [-0.3, -0.25) is 0 Å². The topological polar surface area (TPSA) is 68.8 Å². The van der Waals surface area contributed by atoms with Gasteiger partial charge in [-0.05, 0) is 29.5 Å². The first-order chi connectivity index (χ1) is 9.42. The lowest BCUT2D eigenvalue weighted by molar-refractivity contribution is 0.537. The fourth-order valence-electron chi connectivity index (χ4n) is 1.70. The summed E-state index contributed by atoms with van der Waals surface area (Å²) in [5.74, 6) is 1.13. The molecule has 0 bridgehead atoms. The Labute approximate surface area is 110 Å². The van der Waals surface area contributed by atoms with E-state index in [4.69, 9.17) is 4.42 Å². The van der Waals surface area contributed by atoms with Crippen LogP contribution in [0.1, 0.15) is 0 Å². The number of benzene rings is 1. The molecule has 2 aromatic heterocycles. The van der Waals surface area contributed by atoms with Crippen LogP contribution in [0.15, 0.2) is 53.1 Å². The Balaban J connectivity index is 1.56. The van der Waals surface area contributed by atoms with Crippen LogP contribution in [0.25, 0.3) is 11.6 Å². The van der Waals surface area contributed by atoms with E-state index in [9.17, 15) is 0 Å². The maximum absolute atomic E-state index is 5.21. The molecule has 1 N–H and O–H groups in total. The quantitative estimate of drug-likeness (QED) is 0.755. The second-order valence-electron chi connectivity index (χ2n) is 3.98. The average Bonchev–Trinajstić information content (AvgIpc) is 3.10. The Morgan fingerprint density at radius 1 is 1.11 bits per heavy atom. The summed E-state index contributed by atoms with van der Waals surface area (Å²) in [5, 5.41) is 15.5. The van der Waals surface area contributed by atoms with Crippen LogP contribution in [0.4, 0.5) is 5.69 Å². The van der Waals surface area contributed by atoms with Crippen molar-refractivity contribution in [3.05, 3.63) is 48.7 Å². The number of hydrogen-bond acceptors (Lipinski definition) is 5. The molecule has 3 rings (SSSR count). The van der Waals surface area contributed by atoms with Crippen LogP contribution >= 0.6 is 0 Å². The number of nitrogens with one attached hydrogen (secondary N) is 1. The molecule has 6 nitrogen and oxygen atoms in total. The first kappa shape index (κ1) is 11.5. The summed E-state index contributed by atoms with van der Waals surface area (Å²) in [6.07, 6.45) is 1.59. The molecule has 19 heavy (non-hydrogen) atoms. The second-order valence-corrected chi connectivity index (χ2v) is 3.98. The van der Waals surface area contributed by atoms with Gasteiger partial charge in [0.05, 0.1) is 12.8 Å². The summed E-state index contributed by atoms with van der Waals surface area (Å²) in [4.78, 5) is 1.55. The van der Waals surface area contributed by atoms with Gasteiger partial charge in [-0.25, -0.2) is 0 Å². The first-order valence-electron chi connectivity index (χ1n) is 6.02. The number of rotatable bonds is 5. The molecule has 1 aromatic carbocycles. The van der Waals surface area contributed by atoms with Crippen molar-refractivity contribution in [2.45, 2.75) is 6.54 Å². The zero-order valence-electron chi connectivity index (χ0n) is 10.2. The van der Waals surface area contributed by atoms with Crippen LogP contribution in [0.3, 0.4) is 0 Å². The Kier molecular flexibility index (Phi) is 3.22. The van der Waals surface area contributed by atoms with Gasteiger partial charge in [0.25, 0.3) is 0 Å². The van der Waals surface area contributed by atoms with Gasteiger partial charge in [-0.1, -0.05) is 18.2 Å². The van der Waals surface area contributed by atoms with E-state index in [1.165, 1.54) is 0 Å². The molecule has 0 spiro atoms. The van der Waals surface area contributed by atoms with Crippen molar-refractivity contribution in [2.24, 2.45) is 0 Å². The van der Waals surface area contributed by atoms with Crippen molar-refractivity contribution in [1.29, 1.82) is 0 Å². The van der Waals surface area contributed by atoms with Crippen molar-refractivity contribution < 1.29 is 4.42 Å². The van der Waals surface area contributed by atoms with Gasteiger partial charge < -0.3 is 9.73 Å². The zero-order valence-corrected chi connectivity index (χ0v) is 10.2. The van der Waals surface area contributed by atoms with E-state index < -0.39 is 0 Å². The molecular weight excluding hydrogens is 242 g/mol. The van der Waals surface area contributed by atoms with E-state index in [1.54, 1.807) is 17.1 Å². The van der Waals surface area contributed by atoms with E-state index >= 15 is 0 Å². The third kappa shape index (κ3) is 2.79. The van der Waals surface area contributed by atoms with Gasteiger partial charge in [0, 0.05) is 12.2 Å². The minimum absolute atomic E-state index is 0.504. The molecule has 0 aliphatic carbocycles. The molecular formula is C13H13N5O. The lowest BCUT2D eigenvalue weighted by Gasteiger charge is -2.04. The Bertz CT molecular complexity index is 618. The normalized spacial score (nSPS) is 10.5. The monoisotopic (exact) mass is 255 g/mol. The van der Waals surface area contributed by atoms with Gasteiger partial charge in [0.15, 0.2) is 5.76 Å². The fraction of sp³-hybridized carbons (Fsp3) is 0.154. The average molecular weight is 255 g/mol. The maximum atomic E-state index is 5.21. The van der Waals surface area contributed by atoms with Gasteiger partial charge in [0.1, 0.15) is 0 Å². The van der Waals surface area contributed by atoms with Crippen molar-refractivity contribution in [3.63, 3.8) is 0 Å². The standard InChI is InChI=1S/C13H13N5O/c1-2-5-11(6-3-1)14-8-9-18-16-13(15-17-18)12-7-4-10-19-12/h1-7,10,14H,8-9H2. The smallest absolute Gasteiger partial charge is 0.240 e. The molecule has 2 heterocycles. The van der Waals surface area contributed by atoms with Crippen molar-refractivity contribution in [3.8, 4) is 11.6 Å². The van der Waals surface area contributed by atoms with E-state index in [1.807, 2.05) is 36.4 Å². The molecule has 96 valence electrons. The van der Waals surface area contributed by atoms with Crippen LogP contribution < -0.4 is 5.32 Å². The first-order valence-corrected chi connectivity index (χ1v) is 6.02. The lowest BCUT2D eigenvalue weighted by atomic mass is 10.3. The molecule has 0 fully saturated rings. The predicted molar refractivity (Wildman–Crippen MR) is 70.5 cm³/mol. The maximum Gasteiger partial charge on any atom is 0.240 e. The van der Waals surface area contributed by atoms with Crippen LogP contribution in [0.2, 0.25) is 0 Å². The fourth-order valence-corrected chi connectivity index (χ4v) is 1.70. The summed E-state index contributed by atoms with van der Waals surface area (Å²) in [6.45, 7) is 1.38. The Hall–Kier alpha value is -2.63. The molecule has 0 aliphatic rings. The summed E-state index contributed by atoms with van der Waals surface area (Å²) >= 11 is 0. The van der Waals surface area contributed by atoms with Crippen LogP contribution in [0, 0.1) is 0 Å². The van der Waals surface area contributed by atoms with Crippen LogP contribution in [0.5, 0.6) is 0 Å². The molecule has 0 saturated carbocycles. The highest BCUT2D eigenvalue weighted by Crippen LogP contribution is 2.12. The minimum atomic E-state index is 0.504. The summed E-state index contributed by atoms with van der Waals surface area (Å²) in [6, 6.07) is 13.6. The Morgan fingerprint density at radius 2 is 2.00 bits per heavy atom. The molecule has 0 atom stereocenters. The third-order valence-corrected chi connectivity index (χ3v) is 2.61. The van der Waals surface area contributed by atoms with Crippen molar-refractivity contribution in [2.75, 3.05) is 11.9 Å². The van der Waals surface area contributed by atoms with Gasteiger partial charge in [-0.15, -0.1) is 10.2 Å². The molecule has 6 heteroatoms. The van der Waals surface area contributed by atoms with E-state index in [2.05, 4.69) is 20.7 Å². The highest BCUT2D eigenvalue weighted by Gasteiger charge is 2.07. The van der Waals surface area contributed by atoms with Gasteiger partial charge in [0.2, 0.25) is 5.82 Å². The summed E-state index contributed by atoms with van der Waals surface area (Å²) in [5.41, 5.74) is 1.08. The predicted octanol–water partition coefficient (Wildman–Crippen LogP) is 2.05. The minimum Gasteiger partial charge on any atom is -0.461 e. The van der Waals surface area contributed by atoms with E-state index in [-0.39, 0.29) is 0 Å². The van der Waals surface area contributed by atoms with Crippen LogP contribution in [-0.4, -0.2) is 26.8 Å². The number of para-hydroxylation sites is 1. The third-order valence-electron chi connectivity index (χ3n) is 2.61. The highest BCUT2D eigenvalue weighted by atomic mass is 16.3. The number of tetrazole rings is 1. The summed E-state index contributed by atoms with van der Waals surface area (Å²) < 4.78 is 5.21. The number of furan rings is 1. The summed E-state index contributed by atoms with van der Waals surface area (Å²) in [7, 11) is 0. The molecule has 0 aliphatic heterocycles. The van der Waals surface area contributed by atoms with E-state index in [0.29, 0.717) is 18.1 Å². The Morgan fingerprint density at radius 3 is 2.79 bits per heavy atom. The largest absolute Gasteiger partial charge is 0.461 e. The van der Waals surface area contributed by atoms with E-state index in [0.717, 1.165) is 12.2 Å². The number of anilines is 1. The SMILES string of the molecule is c1ccc(NCCn2nnc(-c3ccco3)n2)cc1. The second kappa shape index (κ2) is 5.34. The van der Waals surface area contributed by atoms with Crippen molar-refractivity contribution >= 4 is 5.69 Å². The van der Waals surface area contributed by atoms with Crippen LogP contribution in [-0.2, 0) is 6.54 Å².